The Morgan fingerprint density at radius 1 is 1.50 bits per heavy atom. The molecule has 24 heavy (non-hydrogen) atoms. The molecule has 11 nitrogen and oxygen atoms in total. The first kappa shape index (κ1) is 17.8. The standard InChI is InChI=1S/C13H19N5O6/c14-8-1-3-18(13(23)17-8)12-7(20)5-6(10(24-12)11(15)22)16-9(21)2-4-19/h1,3,6-7,10,12,19-20H,2,4-5H2,(H2,15,22)(H,16,21)(H2,14,17,23)/t6?,7?,10-,12+/m0/s1. The predicted octanol–water partition coefficient (Wildman–Crippen LogP) is -3.17. The molecule has 11 heteroatoms. The van der Waals surface area contributed by atoms with Crippen LogP contribution in [0.1, 0.15) is 19.1 Å². The molecule has 0 saturated carbocycles. The molecule has 0 bridgehead atoms. The Kier molecular flexibility index (Phi) is 5.49. The van der Waals surface area contributed by atoms with Crippen molar-refractivity contribution in [1.29, 1.82) is 0 Å². The SMILES string of the molecule is NC(=O)[C@H]1O[C@@H](n2ccc(N)nc2=O)C(O)CC1NC(=O)CCO. The Morgan fingerprint density at radius 2 is 2.21 bits per heavy atom. The van der Waals surface area contributed by atoms with Gasteiger partial charge in [-0.3, -0.25) is 14.2 Å². The third-order valence-electron chi connectivity index (χ3n) is 3.57. The van der Waals surface area contributed by atoms with Crippen LogP contribution >= 0.6 is 0 Å². The molecule has 132 valence electrons. The topological polar surface area (TPSA) is 183 Å². The van der Waals surface area contributed by atoms with Gasteiger partial charge in [0.1, 0.15) is 11.9 Å². The van der Waals surface area contributed by atoms with Crippen LogP contribution in [0.3, 0.4) is 0 Å². The first-order chi connectivity index (χ1) is 11.3. The summed E-state index contributed by atoms with van der Waals surface area (Å²) in [4.78, 5) is 38.6. The number of aliphatic hydroxyl groups excluding tert-OH is 2. The zero-order valence-electron chi connectivity index (χ0n) is 12.7. The van der Waals surface area contributed by atoms with Gasteiger partial charge in [0.25, 0.3) is 0 Å². The van der Waals surface area contributed by atoms with Crippen molar-refractivity contribution < 1.29 is 24.5 Å². The molecule has 2 heterocycles. The molecule has 0 aromatic carbocycles. The number of nitrogens with zero attached hydrogens (tertiary/aromatic N) is 2. The van der Waals surface area contributed by atoms with Gasteiger partial charge < -0.3 is 31.7 Å². The second kappa shape index (κ2) is 7.38. The Bertz CT molecular complexity index is 677. The van der Waals surface area contributed by atoms with Crippen molar-refractivity contribution in [2.45, 2.75) is 37.3 Å². The van der Waals surface area contributed by atoms with Gasteiger partial charge in [-0.25, -0.2) is 4.79 Å². The monoisotopic (exact) mass is 341 g/mol. The van der Waals surface area contributed by atoms with Gasteiger partial charge >= 0.3 is 5.69 Å². The zero-order valence-corrected chi connectivity index (χ0v) is 12.7. The first-order valence-electron chi connectivity index (χ1n) is 7.21. The minimum absolute atomic E-state index is 0.00199. The Hall–Kier alpha value is -2.50. The van der Waals surface area contributed by atoms with Crippen LogP contribution in [-0.2, 0) is 14.3 Å². The van der Waals surface area contributed by atoms with E-state index in [4.69, 9.17) is 21.3 Å². The molecule has 1 saturated heterocycles. The predicted molar refractivity (Wildman–Crippen MR) is 80.3 cm³/mol. The van der Waals surface area contributed by atoms with E-state index in [1.54, 1.807) is 0 Å². The summed E-state index contributed by atoms with van der Waals surface area (Å²) in [6.45, 7) is -0.363. The first-order valence-corrected chi connectivity index (χ1v) is 7.21. The molecule has 0 radical (unpaired) electrons. The number of carbonyl (C=O) groups excluding carboxylic acids is 2. The van der Waals surface area contributed by atoms with E-state index in [0.29, 0.717) is 0 Å². The van der Waals surface area contributed by atoms with Crippen molar-refractivity contribution in [3.8, 4) is 0 Å². The van der Waals surface area contributed by atoms with E-state index in [9.17, 15) is 19.5 Å². The van der Waals surface area contributed by atoms with E-state index in [1.807, 2.05) is 0 Å². The molecule has 7 N–H and O–H groups in total. The molecule has 1 aliphatic heterocycles. The van der Waals surface area contributed by atoms with Crippen LogP contribution in [-0.4, -0.2) is 56.4 Å². The number of carbonyl (C=O) groups is 2. The van der Waals surface area contributed by atoms with Gasteiger partial charge in [0, 0.05) is 19.0 Å². The number of ether oxygens (including phenoxy) is 1. The van der Waals surface area contributed by atoms with Gasteiger partial charge in [-0.2, -0.15) is 4.98 Å². The molecule has 4 atom stereocenters. The molecule has 1 fully saturated rings. The van der Waals surface area contributed by atoms with Gasteiger partial charge in [-0.1, -0.05) is 0 Å². The molecule has 1 aromatic rings. The normalized spacial score (nSPS) is 26.8. The number of amides is 2. The molecule has 2 rings (SSSR count). The lowest BCUT2D eigenvalue weighted by atomic mass is 9.97. The number of aliphatic hydroxyl groups is 2. The Balaban J connectivity index is 2.22. The summed E-state index contributed by atoms with van der Waals surface area (Å²) >= 11 is 0. The van der Waals surface area contributed by atoms with Gasteiger partial charge in [0.2, 0.25) is 11.8 Å². The lowest BCUT2D eigenvalue weighted by Crippen LogP contribution is -2.58. The van der Waals surface area contributed by atoms with E-state index in [0.717, 1.165) is 4.57 Å². The maximum Gasteiger partial charge on any atom is 0.351 e. The minimum Gasteiger partial charge on any atom is -0.396 e. The van der Waals surface area contributed by atoms with Crippen molar-refractivity contribution in [3.63, 3.8) is 0 Å². The van der Waals surface area contributed by atoms with E-state index in [2.05, 4.69) is 10.3 Å². The summed E-state index contributed by atoms with van der Waals surface area (Å²) in [5.74, 6) is -1.38. The van der Waals surface area contributed by atoms with Gasteiger partial charge in [-0.15, -0.1) is 0 Å². The maximum absolute atomic E-state index is 11.9. The van der Waals surface area contributed by atoms with Crippen LogP contribution in [0.25, 0.3) is 0 Å². The number of aromatic nitrogens is 2. The summed E-state index contributed by atoms with van der Waals surface area (Å²) in [6.07, 6.45) is -2.63. The maximum atomic E-state index is 11.9. The molecule has 0 spiro atoms. The summed E-state index contributed by atoms with van der Waals surface area (Å²) in [6, 6.07) is 0.455. The third-order valence-corrected chi connectivity index (χ3v) is 3.57. The summed E-state index contributed by atoms with van der Waals surface area (Å²) in [5, 5.41) is 21.5. The number of primary amides is 1. The molecule has 0 aliphatic carbocycles. The van der Waals surface area contributed by atoms with Crippen LogP contribution in [0.5, 0.6) is 0 Å². The Labute approximate surface area is 136 Å². The number of nitrogens with two attached hydrogens (primary N) is 2. The largest absolute Gasteiger partial charge is 0.396 e. The molecular weight excluding hydrogens is 322 g/mol. The van der Waals surface area contributed by atoms with Crippen LogP contribution in [0, 0.1) is 0 Å². The second-order valence-electron chi connectivity index (χ2n) is 5.34. The van der Waals surface area contributed by atoms with E-state index in [1.165, 1.54) is 12.3 Å². The highest BCUT2D eigenvalue weighted by molar-refractivity contribution is 5.82. The van der Waals surface area contributed by atoms with E-state index < -0.39 is 42.0 Å². The number of anilines is 1. The summed E-state index contributed by atoms with van der Waals surface area (Å²) in [5.41, 5.74) is 9.93. The zero-order chi connectivity index (χ0) is 17.9. The number of rotatable bonds is 5. The Morgan fingerprint density at radius 3 is 2.79 bits per heavy atom. The van der Waals surface area contributed by atoms with Crippen LogP contribution in [0.4, 0.5) is 5.82 Å². The quantitative estimate of drug-likeness (QED) is 0.371. The number of hydrogen-bond donors (Lipinski definition) is 5. The molecule has 1 aliphatic rings. The van der Waals surface area contributed by atoms with Crippen LogP contribution in [0.2, 0.25) is 0 Å². The lowest BCUT2D eigenvalue weighted by Gasteiger charge is -2.38. The van der Waals surface area contributed by atoms with Crippen molar-refractivity contribution >= 4 is 17.6 Å². The number of nitrogens with one attached hydrogen (secondary N) is 1. The highest BCUT2D eigenvalue weighted by atomic mass is 16.5. The lowest BCUT2D eigenvalue weighted by molar-refractivity contribution is -0.178. The average molecular weight is 341 g/mol. The van der Waals surface area contributed by atoms with Crippen LogP contribution in [0.15, 0.2) is 17.1 Å². The smallest absolute Gasteiger partial charge is 0.351 e. The van der Waals surface area contributed by atoms with E-state index in [-0.39, 0.29) is 25.3 Å². The van der Waals surface area contributed by atoms with Crippen molar-refractivity contribution in [2.75, 3.05) is 12.3 Å². The van der Waals surface area contributed by atoms with Gasteiger partial charge in [0.05, 0.1) is 12.6 Å². The van der Waals surface area contributed by atoms with Crippen LogP contribution < -0.4 is 22.5 Å². The van der Waals surface area contributed by atoms with Gasteiger partial charge in [0.15, 0.2) is 12.3 Å². The minimum atomic E-state index is -1.26. The number of hydrogen-bond acceptors (Lipinski definition) is 8. The van der Waals surface area contributed by atoms with Crippen molar-refractivity contribution in [3.05, 3.63) is 22.7 Å². The fourth-order valence-corrected chi connectivity index (χ4v) is 2.49. The molecule has 2 amide bonds. The summed E-state index contributed by atoms with van der Waals surface area (Å²) < 4.78 is 6.43. The fourth-order valence-electron chi connectivity index (χ4n) is 2.49. The highest BCUT2D eigenvalue weighted by Crippen LogP contribution is 2.27. The van der Waals surface area contributed by atoms with E-state index >= 15 is 0 Å². The second-order valence-corrected chi connectivity index (χ2v) is 5.34. The molecule has 1 aromatic heterocycles. The third kappa shape index (κ3) is 3.88. The summed E-state index contributed by atoms with van der Waals surface area (Å²) in [7, 11) is 0. The highest BCUT2D eigenvalue weighted by Gasteiger charge is 2.42. The molecule has 2 unspecified atom stereocenters. The molecular formula is C13H19N5O6. The van der Waals surface area contributed by atoms with Crippen molar-refractivity contribution in [1.82, 2.24) is 14.9 Å². The fraction of sp³-hybridized carbons (Fsp3) is 0.538. The average Bonchev–Trinajstić information content (AvgIpc) is 2.48. The van der Waals surface area contributed by atoms with Gasteiger partial charge in [-0.05, 0) is 6.07 Å². The van der Waals surface area contributed by atoms with Crippen molar-refractivity contribution in [2.24, 2.45) is 5.73 Å². The number of nitrogen functional groups attached to an aromatic ring is 1.